The molecule has 0 aliphatic carbocycles. The topological polar surface area (TPSA) is 63.9 Å². The van der Waals surface area contributed by atoms with Crippen molar-refractivity contribution in [1.82, 2.24) is 4.57 Å². The Morgan fingerprint density at radius 3 is 2.50 bits per heavy atom. The third-order valence-corrected chi connectivity index (χ3v) is 7.62. The minimum atomic E-state index is -0.547. The summed E-state index contributed by atoms with van der Waals surface area (Å²) in [5.41, 5.74) is 2.95. The summed E-state index contributed by atoms with van der Waals surface area (Å²) in [6.07, 6.45) is 1.63. The Balaban J connectivity index is 1.81. The highest BCUT2D eigenvalue weighted by Crippen LogP contribution is 2.33. The summed E-state index contributed by atoms with van der Waals surface area (Å²) in [7, 11) is 0. The van der Waals surface area contributed by atoms with Crippen LogP contribution in [0.3, 0.4) is 0 Å². The maximum Gasteiger partial charge on any atom is 0.338 e. The van der Waals surface area contributed by atoms with Gasteiger partial charge in [0.05, 0.1) is 21.9 Å². The van der Waals surface area contributed by atoms with E-state index in [1.807, 2.05) is 49.6 Å². The first-order valence-electron chi connectivity index (χ1n) is 11.5. The highest BCUT2D eigenvalue weighted by molar-refractivity contribution is 7.10. The van der Waals surface area contributed by atoms with Crippen molar-refractivity contribution >= 4 is 40.4 Å². The molecule has 0 saturated heterocycles. The van der Waals surface area contributed by atoms with Crippen LogP contribution in [-0.4, -0.2) is 29.7 Å². The first kappa shape index (κ1) is 24.2. The summed E-state index contributed by atoms with van der Waals surface area (Å²) in [6.45, 7) is 11.6. The predicted molar refractivity (Wildman–Crippen MR) is 139 cm³/mol. The Morgan fingerprint density at radius 1 is 1.21 bits per heavy atom. The molecule has 1 aliphatic rings. The minimum absolute atomic E-state index is 0.155. The van der Waals surface area contributed by atoms with Gasteiger partial charge in [0.25, 0.3) is 5.56 Å². The summed E-state index contributed by atoms with van der Waals surface area (Å²) in [6, 6.07) is 11.5. The Kier molecular flexibility index (Phi) is 7.19. The van der Waals surface area contributed by atoms with E-state index >= 15 is 0 Å². The third-order valence-electron chi connectivity index (χ3n) is 5.72. The number of carbonyl (C=O) groups is 1. The first-order chi connectivity index (χ1) is 16.3. The van der Waals surface area contributed by atoms with Crippen LogP contribution in [0, 0.1) is 0 Å². The molecule has 6 nitrogen and oxygen atoms in total. The second-order valence-electron chi connectivity index (χ2n) is 8.32. The molecule has 0 spiro atoms. The van der Waals surface area contributed by atoms with Crippen molar-refractivity contribution in [2.45, 2.75) is 46.8 Å². The van der Waals surface area contributed by atoms with Crippen LogP contribution in [0.4, 0.5) is 5.69 Å². The van der Waals surface area contributed by atoms with Crippen LogP contribution in [0.5, 0.6) is 0 Å². The van der Waals surface area contributed by atoms with Crippen LogP contribution in [0.15, 0.2) is 62.8 Å². The first-order valence-corrected chi connectivity index (χ1v) is 13.2. The van der Waals surface area contributed by atoms with E-state index in [1.54, 1.807) is 11.5 Å². The van der Waals surface area contributed by atoms with Crippen molar-refractivity contribution in [1.29, 1.82) is 0 Å². The van der Waals surface area contributed by atoms with Crippen LogP contribution in [0.2, 0.25) is 0 Å². The normalized spacial score (nSPS) is 15.9. The van der Waals surface area contributed by atoms with Crippen molar-refractivity contribution < 1.29 is 9.53 Å². The quantitative estimate of drug-likeness (QED) is 0.463. The number of benzene rings is 1. The molecule has 0 radical (unpaired) electrons. The zero-order valence-corrected chi connectivity index (χ0v) is 21.7. The fourth-order valence-electron chi connectivity index (χ4n) is 4.10. The van der Waals surface area contributed by atoms with Gasteiger partial charge in [0.15, 0.2) is 4.80 Å². The molecule has 0 saturated carbocycles. The number of hydrogen-bond acceptors (Lipinski definition) is 7. The lowest BCUT2D eigenvalue weighted by Gasteiger charge is -2.24. The monoisotopic (exact) mass is 495 g/mol. The lowest BCUT2D eigenvalue weighted by Crippen LogP contribution is -2.39. The molecule has 0 N–H and O–H groups in total. The largest absolute Gasteiger partial charge is 0.459 e. The zero-order chi connectivity index (χ0) is 24.4. The molecule has 0 bridgehead atoms. The van der Waals surface area contributed by atoms with Crippen molar-refractivity contribution in [3.8, 4) is 0 Å². The van der Waals surface area contributed by atoms with Gasteiger partial charge in [-0.05, 0) is 69.8 Å². The number of thiazole rings is 1. The van der Waals surface area contributed by atoms with E-state index in [4.69, 9.17) is 4.74 Å². The Labute approximate surface area is 207 Å². The van der Waals surface area contributed by atoms with Crippen molar-refractivity contribution in [2.24, 2.45) is 4.99 Å². The van der Waals surface area contributed by atoms with Crippen LogP contribution in [0.25, 0.3) is 6.08 Å². The highest BCUT2D eigenvalue weighted by Gasteiger charge is 2.34. The van der Waals surface area contributed by atoms with E-state index in [0.29, 0.717) is 20.6 Å². The number of hydrogen-bond donors (Lipinski definition) is 0. The molecular weight excluding hydrogens is 466 g/mol. The zero-order valence-electron chi connectivity index (χ0n) is 20.1. The Bertz CT molecular complexity index is 1380. The number of fused-ring (bicyclic) bond motifs is 1. The Hall–Kier alpha value is -2.97. The number of carbonyl (C=O) groups excluding carboxylic acids is 1. The number of ether oxygens (including phenoxy) is 1. The molecule has 4 rings (SSSR count). The average molecular weight is 496 g/mol. The number of rotatable bonds is 7. The van der Waals surface area contributed by atoms with Crippen LogP contribution < -0.4 is 19.8 Å². The van der Waals surface area contributed by atoms with Crippen LogP contribution >= 0.6 is 22.7 Å². The third kappa shape index (κ3) is 4.65. The lowest BCUT2D eigenvalue weighted by molar-refractivity contribution is -0.143. The van der Waals surface area contributed by atoms with Gasteiger partial charge in [-0.15, -0.1) is 11.3 Å². The minimum Gasteiger partial charge on any atom is -0.459 e. The second kappa shape index (κ2) is 10.1. The van der Waals surface area contributed by atoms with E-state index in [0.717, 1.165) is 29.2 Å². The average Bonchev–Trinajstić information content (AvgIpc) is 3.43. The molecule has 178 valence electrons. The molecule has 3 heterocycles. The molecule has 1 aliphatic heterocycles. The molecule has 0 amide bonds. The van der Waals surface area contributed by atoms with Crippen LogP contribution in [-0.2, 0) is 9.53 Å². The number of esters is 1. The summed E-state index contributed by atoms with van der Waals surface area (Å²) in [5.74, 6) is -0.434. The fourth-order valence-corrected chi connectivity index (χ4v) is 5.97. The maximum atomic E-state index is 13.6. The van der Waals surface area contributed by atoms with Gasteiger partial charge in [0.2, 0.25) is 0 Å². The standard InChI is InChI=1S/C26H29N3O3S2/c1-6-28(7-2)19-12-10-18(11-13-19)15-21-24(30)29-23(20-9-8-14-33-20)22(25(31)32-16(3)4)17(5)27-26(29)34-21/h8-16,23H,6-7H2,1-5H3/b21-15+/t23-/m0/s1. The van der Waals surface area contributed by atoms with Gasteiger partial charge < -0.3 is 9.64 Å². The molecule has 2 aromatic heterocycles. The summed E-state index contributed by atoms with van der Waals surface area (Å²) in [5, 5.41) is 1.95. The highest BCUT2D eigenvalue weighted by atomic mass is 32.1. The van der Waals surface area contributed by atoms with E-state index in [9.17, 15) is 9.59 Å². The van der Waals surface area contributed by atoms with Gasteiger partial charge >= 0.3 is 5.97 Å². The summed E-state index contributed by atoms with van der Waals surface area (Å²) < 4.78 is 7.74. The van der Waals surface area contributed by atoms with Gasteiger partial charge in [0.1, 0.15) is 6.04 Å². The van der Waals surface area contributed by atoms with Crippen molar-refractivity contribution in [3.63, 3.8) is 0 Å². The lowest BCUT2D eigenvalue weighted by atomic mass is 10.0. The molecular formula is C26H29N3O3S2. The van der Waals surface area contributed by atoms with Gasteiger partial charge in [-0.3, -0.25) is 9.36 Å². The molecule has 1 atom stereocenters. The molecule has 34 heavy (non-hydrogen) atoms. The number of thiophene rings is 1. The second-order valence-corrected chi connectivity index (χ2v) is 10.3. The van der Waals surface area contributed by atoms with E-state index in [2.05, 4.69) is 35.9 Å². The van der Waals surface area contributed by atoms with E-state index < -0.39 is 12.0 Å². The molecule has 0 fully saturated rings. The van der Waals surface area contributed by atoms with Crippen molar-refractivity contribution in [3.05, 3.63) is 83.2 Å². The van der Waals surface area contributed by atoms with Crippen LogP contribution in [0.1, 0.15) is 51.1 Å². The smallest absolute Gasteiger partial charge is 0.338 e. The van der Waals surface area contributed by atoms with Gasteiger partial charge in [-0.25, -0.2) is 9.79 Å². The molecule has 1 aromatic carbocycles. The SMILES string of the molecule is CCN(CC)c1ccc(/C=c2/sc3n(c2=O)[C@@H](c2cccs2)C(C(=O)OC(C)C)=C(C)N=3)cc1. The Morgan fingerprint density at radius 2 is 1.91 bits per heavy atom. The summed E-state index contributed by atoms with van der Waals surface area (Å²) >= 11 is 2.86. The van der Waals surface area contributed by atoms with E-state index in [1.165, 1.54) is 22.7 Å². The number of anilines is 1. The number of nitrogens with zero attached hydrogens (tertiary/aromatic N) is 3. The molecule has 0 unspecified atom stereocenters. The summed E-state index contributed by atoms with van der Waals surface area (Å²) in [4.78, 5) is 35.0. The maximum absolute atomic E-state index is 13.6. The molecule has 8 heteroatoms. The fraction of sp³-hybridized carbons (Fsp3) is 0.346. The van der Waals surface area contributed by atoms with Gasteiger partial charge in [-0.2, -0.15) is 0 Å². The van der Waals surface area contributed by atoms with Gasteiger partial charge in [-0.1, -0.05) is 29.5 Å². The predicted octanol–water partition coefficient (Wildman–Crippen LogP) is 4.09. The number of aromatic nitrogens is 1. The molecule has 3 aromatic rings. The number of allylic oxidation sites excluding steroid dienone is 1. The van der Waals surface area contributed by atoms with Crippen molar-refractivity contribution in [2.75, 3.05) is 18.0 Å². The van der Waals surface area contributed by atoms with Gasteiger partial charge in [0, 0.05) is 23.7 Å². The van der Waals surface area contributed by atoms with E-state index in [-0.39, 0.29) is 11.7 Å².